The summed E-state index contributed by atoms with van der Waals surface area (Å²) < 4.78 is 5.71. The van der Waals surface area contributed by atoms with Crippen molar-refractivity contribution in [3.8, 4) is 10.4 Å². The fourth-order valence-electron chi connectivity index (χ4n) is 2.14. The summed E-state index contributed by atoms with van der Waals surface area (Å²) in [5.74, 6) is 0. The van der Waals surface area contributed by atoms with Crippen LogP contribution in [0, 0.1) is 0 Å². The van der Waals surface area contributed by atoms with E-state index in [1.807, 2.05) is 6.07 Å². The van der Waals surface area contributed by atoms with Crippen LogP contribution in [0.15, 0.2) is 30.3 Å². The van der Waals surface area contributed by atoms with Gasteiger partial charge in [0, 0.05) is 13.7 Å². The lowest BCUT2D eigenvalue weighted by Gasteiger charge is -2.23. The van der Waals surface area contributed by atoms with E-state index < -0.39 is 0 Å². The zero-order chi connectivity index (χ0) is 15.3. The second-order valence-electron chi connectivity index (χ2n) is 5.23. The Morgan fingerprint density at radius 3 is 2.52 bits per heavy atom. The van der Waals surface area contributed by atoms with Gasteiger partial charge in [0.25, 0.3) is 0 Å². The standard InChI is InChI=1S/C17H24N2OS/c1-5-17(3,20-4)16-19-14(12-18-6-2)15(21-16)13-10-8-7-9-11-13/h7-11,18H,5-6,12H2,1-4H3. The summed E-state index contributed by atoms with van der Waals surface area (Å²) in [7, 11) is 1.76. The van der Waals surface area contributed by atoms with Crippen LogP contribution in [-0.4, -0.2) is 18.6 Å². The molecule has 0 aliphatic carbocycles. The van der Waals surface area contributed by atoms with Crippen molar-refractivity contribution in [2.24, 2.45) is 0 Å². The van der Waals surface area contributed by atoms with Gasteiger partial charge in [-0.2, -0.15) is 0 Å². The third-order valence-electron chi connectivity index (χ3n) is 3.85. The Balaban J connectivity index is 2.45. The van der Waals surface area contributed by atoms with Gasteiger partial charge < -0.3 is 10.1 Å². The van der Waals surface area contributed by atoms with Crippen LogP contribution < -0.4 is 5.32 Å². The Kier molecular flexibility index (Phi) is 5.51. The Bertz CT molecular complexity index is 561. The van der Waals surface area contributed by atoms with Crippen LogP contribution in [0.5, 0.6) is 0 Å². The molecule has 1 atom stereocenters. The monoisotopic (exact) mass is 304 g/mol. The molecule has 4 heteroatoms. The summed E-state index contributed by atoms with van der Waals surface area (Å²) in [6.45, 7) is 8.09. The number of thiazole rings is 1. The number of aromatic nitrogens is 1. The van der Waals surface area contributed by atoms with Gasteiger partial charge in [0.1, 0.15) is 10.6 Å². The fourth-order valence-corrected chi connectivity index (χ4v) is 3.42. The minimum absolute atomic E-state index is 0.307. The van der Waals surface area contributed by atoms with Crippen molar-refractivity contribution in [3.63, 3.8) is 0 Å². The molecule has 0 aliphatic heterocycles. The van der Waals surface area contributed by atoms with Gasteiger partial charge >= 0.3 is 0 Å². The quantitative estimate of drug-likeness (QED) is 0.833. The number of rotatable bonds is 7. The third kappa shape index (κ3) is 3.51. The highest BCUT2D eigenvalue weighted by Crippen LogP contribution is 2.38. The summed E-state index contributed by atoms with van der Waals surface area (Å²) in [4.78, 5) is 6.11. The van der Waals surface area contributed by atoms with Gasteiger partial charge in [0.15, 0.2) is 0 Å². The summed E-state index contributed by atoms with van der Waals surface area (Å²) in [6, 6.07) is 10.5. The zero-order valence-electron chi connectivity index (χ0n) is 13.3. The average Bonchev–Trinajstić information content (AvgIpc) is 2.97. The van der Waals surface area contributed by atoms with Gasteiger partial charge in [-0.1, -0.05) is 44.2 Å². The van der Waals surface area contributed by atoms with Crippen molar-refractivity contribution in [3.05, 3.63) is 41.0 Å². The first-order valence-electron chi connectivity index (χ1n) is 7.46. The van der Waals surface area contributed by atoms with Gasteiger partial charge in [0.2, 0.25) is 0 Å². The van der Waals surface area contributed by atoms with Crippen LogP contribution in [-0.2, 0) is 16.9 Å². The molecular formula is C17H24N2OS. The minimum Gasteiger partial charge on any atom is -0.371 e. The number of hydrogen-bond acceptors (Lipinski definition) is 4. The molecule has 2 aromatic rings. The van der Waals surface area contributed by atoms with E-state index in [0.717, 1.165) is 30.2 Å². The smallest absolute Gasteiger partial charge is 0.125 e. The molecule has 1 heterocycles. The number of ether oxygens (including phenoxy) is 1. The van der Waals surface area contributed by atoms with Gasteiger partial charge in [-0.15, -0.1) is 11.3 Å². The van der Waals surface area contributed by atoms with Crippen molar-refractivity contribution in [2.75, 3.05) is 13.7 Å². The van der Waals surface area contributed by atoms with Gasteiger partial charge in [-0.25, -0.2) is 4.98 Å². The fraction of sp³-hybridized carbons (Fsp3) is 0.471. The Labute approximate surface area is 131 Å². The lowest BCUT2D eigenvalue weighted by Crippen LogP contribution is -2.23. The molecule has 2 rings (SSSR count). The number of benzene rings is 1. The van der Waals surface area contributed by atoms with Crippen LogP contribution >= 0.6 is 11.3 Å². The van der Waals surface area contributed by atoms with E-state index in [2.05, 4.69) is 50.4 Å². The second kappa shape index (κ2) is 7.16. The number of nitrogens with one attached hydrogen (secondary N) is 1. The van der Waals surface area contributed by atoms with Crippen molar-refractivity contribution in [2.45, 2.75) is 39.3 Å². The highest BCUT2D eigenvalue weighted by atomic mass is 32.1. The molecule has 114 valence electrons. The first-order chi connectivity index (χ1) is 10.1. The highest BCUT2D eigenvalue weighted by molar-refractivity contribution is 7.15. The lowest BCUT2D eigenvalue weighted by molar-refractivity contribution is -0.00167. The molecule has 1 aromatic carbocycles. The minimum atomic E-state index is -0.307. The summed E-state index contributed by atoms with van der Waals surface area (Å²) in [5.41, 5.74) is 2.03. The molecule has 1 aromatic heterocycles. The molecule has 3 nitrogen and oxygen atoms in total. The number of nitrogens with zero attached hydrogens (tertiary/aromatic N) is 1. The van der Waals surface area contributed by atoms with E-state index >= 15 is 0 Å². The van der Waals surface area contributed by atoms with E-state index in [1.165, 1.54) is 10.4 Å². The normalized spacial score (nSPS) is 14.1. The topological polar surface area (TPSA) is 34.2 Å². The van der Waals surface area contributed by atoms with Crippen molar-refractivity contribution < 1.29 is 4.74 Å². The Hall–Kier alpha value is -1.23. The molecule has 0 fully saturated rings. The average molecular weight is 304 g/mol. The maximum absolute atomic E-state index is 5.71. The Morgan fingerprint density at radius 1 is 1.24 bits per heavy atom. The van der Waals surface area contributed by atoms with Crippen molar-refractivity contribution in [1.29, 1.82) is 0 Å². The molecular weight excluding hydrogens is 280 g/mol. The first-order valence-corrected chi connectivity index (χ1v) is 8.27. The first kappa shape index (κ1) is 16.1. The maximum atomic E-state index is 5.71. The van der Waals surface area contributed by atoms with Crippen LogP contribution in [0.3, 0.4) is 0 Å². The van der Waals surface area contributed by atoms with Crippen LogP contribution in [0.1, 0.15) is 37.9 Å². The molecule has 0 saturated heterocycles. The second-order valence-corrected chi connectivity index (χ2v) is 6.23. The van der Waals surface area contributed by atoms with Crippen molar-refractivity contribution >= 4 is 11.3 Å². The van der Waals surface area contributed by atoms with Gasteiger partial charge in [-0.05, 0) is 25.5 Å². The third-order valence-corrected chi connectivity index (χ3v) is 5.25. The SMILES string of the molecule is CCNCc1nc(C(C)(CC)OC)sc1-c1ccccc1. The molecule has 0 radical (unpaired) electrons. The van der Waals surface area contributed by atoms with Crippen molar-refractivity contribution in [1.82, 2.24) is 10.3 Å². The molecule has 0 aliphatic rings. The maximum Gasteiger partial charge on any atom is 0.125 e. The molecule has 21 heavy (non-hydrogen) atoms. The largest absolute Gasteiger partial charge is 0.371 e. The summed E-state index contributed by atoms with van der Waals surface area (Å²) >= 11 is 1.74. The van der Waals surface area contributed by atoms with Crippen LogP contribution in [0.2, 0.25) is 0 Å². The number of hydrogen-bond donors (Lipinski definition) is 1. The lowest BCUT2D eigenvalue weighted by atomic mass is 10.0. The van der Waals surface area contributed by atoms with Crippen LogP contribution in [0.4, 0.5) is 0 Å². The van der Waals surface area contributed by atoms with E-state index in [4.69, 9.17) is 9.72 Å². The number of methoxy groups -OCH3 is 1. The van der Waals surface area contributed by atoms with Gasteiger partial charge in [0.05, 0.1) is 10.6 Å². The summed E-state index contributed by atoms with van der Waals surface area (Å²) in [6.07, 6.45) is 0.909. The van der Waals surface area contributed by atoms with Gasteiger partial charge in [-0.3, -0.25) is 0 Å². The molecule has 0 bridgehead atoms. The predicted molar refractivity (Wildman–Crippen MR) is 89.6 cm³/mol. The summed E-state index contributed by atoms with van der Waals surface area (Å²) in [5, 5.41) is 4.43. The Morgan fingerprint density at radius 2 is 1.95 bits per heavy atom. The van der Waals surface area contributed by atoms with E-state index in [1.54, 1.807) is 18.4 Å². The van der Waals surface area contributed by atoms with E-state index in [0.29, 0.717) is 0 Å². The predicted octanol–water partition coefficient (Wildman–Crippen LogP) is 4.19. The molecule has 0 spiro atoms. The zero-order valence-corrected chi connectivity index (χ0v) is 14.1. The molecule has 1 unspecified atom stereocenters. The van der Waals surface area contributed by atoms with E-state index in [-0.39, 0.29) is 5.60 Å². The molecule has 1 N–H and O–H groups in total. The highest BCUT2D eigenvalue weighted by Gasteiger charge is 2.29. The molecule has 0 saturated carbocycles. The van der Waals surface area contributed by atoms with Crippen LogP contribution in [0.25, 0.3) is 10.4 Å². The van der Waals surface area contributed by atoms with E-state index in [9.17, 15) is 0 Å². The molecule has 0 amide bonds.